The van der Waals surface area contributed by atoms with Crippen molar-refractivity contribution in [2.75, 3.05) is 14.2 Å². The Morgan fingerprint density at radius 2 is 1.84 bits per heavy atom. The lowest BCUT2D eigenvalue weighted by Crippen LogP contribution is -2.03. The summed E-state index contributed by atoms with van der Waals surface area (Å²) in [6.07, 6.45) is -0.948. The van der Waals surface area contributed by atoms with Crippen LogP contribution in [-0.4, -0.2) is 19.3 Å². The van der Waals surface area contributed by atoms with Gasteiger partial charge in [-0.3, -0.25) is 0 Å². The molecule has 1 unspecified atom stereocenters. The maximum absolute atomic E-state index is 13.2. The number of aliphatic hydroxyl groups excluding tert-OH is 1. The molecule has 0 bridgehead atoms. The van der Waals surface area contributed by atoms with E-state index in [1.54, 1.807) is 37.4 Å². The number of benzene rings is 2. The molecule has 19 heavy (non-hydrogen) atoms. The molecular formula is C15H15FO3. The molecule has 0 spiro atoms. The van der Waals surface area contributed by atoms with Gasteiger partial charge in [0.2, 0.25) is 0 Å². The van der Waals surface area contributed by atoms with E-state index in [0.29, 0.717) is 22.6 Å². The van der Waals surface area contributed by atoms with Crippen molar-refractivity contribution in [2.24, 2.45) is 0 Å². The number of ether oxygens (including phenoxy) is 2. The zero-order valence-electron chi connectivity index (χ0n) is 10.8. The Kier molecular flexibility index (Phi) is 4.02. The second-order valence-electron chi connectivity index (χ2n) is 4.07. The van der Waals surface area contributed by atoms with E-state index in [1.165, 1.54) is 19.2 Å². The Hall–Kier alpha value is -2.07. The van der Waals surface area contributed by atoms with Crippen LogP contribution in [0, 0.1) is 5.82 Å². The molecule has 4 heteroatoms. The maximum atomic E-state index is 13.2. The van der Waals surface area contributed by atoms with Gasteiger partial charge in [-0.05, 0) is 29.8 Å². The van der Waals surface area contributed by atoms with Crippen molar-refractivity contribution in [1.82, 2.24) is 0 Å². The molecule has 0 heterocycles. The summed E-state index contributed by atoms with van der Waals surface area (Å²) in [5.74, 6) is 0.743. The molecule has 0 fully saturated rings. The standard InChI is InChI=1S/C15H15FO3/c1-18-12-6-7-13(14(9-12)19-2)15(17)10-4-3-5-11(16)8-10/h3-9,15,17H,1-2H3. The number of aliphatic hydroxyl groups is 1. The minimum atomic E-state index is -0.948. The summed E-state index contributed by atoms with van der Waals surface area (Å²) in [6.45, 7) is 0. The molecule has 0 saturated heterocycles. The summed E-state index contributed by atoms with van der Waals surface area (Å²) < 4.78 is 23.5. The predicted octanol–water partition coefficient (Wildman–Crippen LogP) is 2.92. The van der Waals surface area contributed by atoms with Crippen molar-refractivity contribution in [2.45, 2.75) is 6.10 Å². The van der Waals surface area contributed by atoms with E-state index in [0.717, 1.165) is 0 Å². The van der Waals surface area contributed by atoms with Crippen LogP contribution < -0.4 is 9.47 Å². The van der Waals surface area contributed by atoms with Gasteiger partial charge in [0.25, 0.3) is 0 Å². The quantitative estimate of drug-likeness (QED) is 0.920. The molecule has 0 radical (unpaired) electrons. The van der Waals surface area contributed by atoms with Gasteiger partial charge in [-0.1, -0.05) is 12.1 Å². The van der Waals surface area contributed by atoms with Crippen LogP contribution in [0.1, 0.15) is 17.2 Å². The Morgan fingerprint density at radius 3 is 2.47 bits per heavy atom. The van der Waals surface area contributed by atoms with E-state index in [2.05, 4.69) is 0 Å². The van der Waals surface area contributed by atoms with E-state index >= 15 is 0 Å². The van der Waals surface area contributed by atoms with Gasteiger partial charge in [0, 0.05) is 11.6 Å². The summed E-state index contributed by atoms with van der Waals surface area (Å²) in [4.78, 5) is 0. The fraction of sp³-hybridized carbons (Fsp3) is 0.200. The Balaban J connectivity index is 2.40. The zero-order chi connectivity index (χ0) is 13.8. The van der Waals surface area contributed by atoms with E-state index in [4.69, 9.17) is 9.47 Å². The highest BCUT2D eigenvalue weighted by Gasteiger charge is 2.16. The molecule has 3 nitrogen and oxygen atoms in total. The molecule has 0 saturated carbocycles. The molecule has 1 atom stereocenters. The fourth-order valence-electron chi connectivity index (χ4n) is 1.90. The smallest absolute Gasteiger partial charge is 0.128 e. The predicted molar refractivity (Wildman–Crippen MR) is 70.0 cm³/mol. The largest absolute Gasteiger partial charge is 0.497 e. The summed E-state index contributed by atoms with van der Waals surface area (Å²) in [6, 6.07) is 11.0. The lowest BCUT2D eigenvalue weighted by atomic mass is 10.0. The summed E-state index contributed by atoms with van der Waals surface area (Å²) >= 11 is 0. The summed E-state index contributed by atoms with van der Waals surface area (Å²) in [7, 11) is 3.06. The molecule has 2 rings (SSSR count). The Morgan fingerprint density at radius 1 is 1.05 bits per heavy atom. The van der Waals surface area contributed by atoms with Crippen LogP contribution in [-0.2, 0) is 0 Å². The number of methoxy groups -OCH3 is 2. The first-order valence-electron chi connectivity index (χ1n) is 5.81. The van der Waals surface area contributed by atoms with Gasteiger partial charge in [-0.25, -0.2) is 4.39 Å². The molecule has 0 amide bonds. The average Bonchev–Trinajstić information content (AvgIpc) is 2.45. The van der Waals surface area contributed by atoms with Crippen molar-refractivity contribution >= 4 is 0 Å². The van der Waals surface area contributed by atoms with Gasteiger partial charge in [0.05, 0.1) is 14.2 Å². The third-order valence-electron chi connectivity index (χ3n) is 2.90. The highest BCUT2D eigenvalue weighted by atomic mass is 19.1. The van der Waals surface area contributed by atoms with Crippen LogP contribution in [0.2, 0.25) is 0 Å². The summed E-state index contributed by atoms with van der Waals surface area (Å²) in [5, 5.41) is 10.3. The third kappa shape index (κ3) is 2.85. The first-order valence-corrected chi connectivity index (χ1v) is 5.81. The molecule has 1 N–H and O–H groups in total. The lowest BCUT2D eigenvalue weighted by molar-refractivity contribution is 0.214. The van der Waals surface area contributed by atoms with Crippen LogP contribution in [0.4, 0.5) is 4.39 Å². The van der Waals surface area contributed by atoms with Gasteiger partial charge in [0.1, 0.15) is 23.4 Å². The third-order valence-corrected chi connectivity index (χ3v) is 2.90. The normalized spacial score (nSPS) is 12.0. The van der Waals surface area contributed by atoms with Crippen LogP contribution in [0.25, 0.3) is 0 Å². The SMILES string of the molecule is COc1ccc(C(O)c2cccc(F)c2)c(OC)c1. The van der Waals surface area contributed by atoms with Crippen LogP contribution in [0.15, 0.2) is 42.5 Å². The molecule has 2 aromatic carbocycles. The van der Waals surface area contributed by atoms with Crippen molar-refractivity contribution in [3.8, 4) is 11.5 Å². The van der Waals surface area contributed by atoms with Crippen LogP contribution in [0.5, 0.6) is 11.5 Å². The average molecular weight is 262 g/mol. The van der Waals surface area contributed by atoms with Crippen LogP contribution >= 0.6 is 0 Å². The van der Waals surface area contributed by atoms with Gasteiger partial charge >= 0.3 is 0 Å². The Labute approximate surface area is 111 Å². The van der Waals surface area contributed by atoms with Gasteiger partial charge in [0.15, 0.2) is 0 Å². The van der Waals surface area contributed by atoms with Crippen molar-refractivity contribution in [3.05, 3.63) is 59.4 Å². The number of rotatable bonds is 4. The minimum Gasteiger partial charge on any atom is -0.497 e. The van der Waals surface area contributed by atoms with Crippen LogP contribution in [0.3, 0.4) is 0 Å². The first-order chi connectivity index (χ1) is 9.15. The van der Waals surface area contributed by atoms with E-state index in [-0.39, 0.29) is 5.82 Å². The lowest BCUT2D eigenvalue weighted by Gasteiger charge is -2.16. The van der Waals surface area contributed by atoms with E-state index < -0.39 is 6.10 Å². The molecule has 0 aliphatic rings. The van der Waals surface area contributed by atoms with Gasteiger partial charge < -0.3 is 14.6 Å². The maximum Gasteiger partial charge on any atom is 0.128 e. The summed E-state index contributed by atoms with van der Waals surface area (Å²) in [5.41, 5.74) is 1.04. The first kappa shape index (κ1) is 13.4. The number of hydrogen-bond donors (Lipinski definition) is 1. The number of halogens is 1. The Bertz CT molecular complexity index is 569. The minimum absolute atomic E-state index is 0.385. The van der Waals surface area contributed by atoms with Gasteiger partial charge in [-0.2, -0.15) is 0 Å². The van der Waals surface area contributed by atoms with E-state index in [1.807, 2.05) is 0 Å². The zero-order valence-corrected chi connectivity index (χ0v) is 10.8. The molecule has 100 valence electrons. The highest BCUT2D eigenvalue weighted by Crippen LogP contribution is 2.32. The molecule has 0 aromatic heterocycles. The van der Waals surface area contributed by atoms with Crippen molar-refractivity contribution < 1.29 is 19.0 Å². The monoisotopic (exact) mass is 262 g/mol. The molecular weight excluding hydrogens is 247 g/mol. The van der Waals surface area contributed by atoms with E-state index in [9.17, 15) is 9.50 Å². The second-order valence-corrected chi connectivity index (χ2v) is 4.07. The van der Waals surface area contributed by atoms with Crippen molar-refractivity contribution in [1.29, 1.82) is 0 Å². The number of hydrogen-bond acceptors (Lipinski definition) is 3. The fourth-order valence-corrected chi connectivity index (χ4v) is 1.90. The molecule has 0 aliphatic heterocycles. The molecule has 0 aliphatic carbocycles. The van der Waals surface area contributed by atoms with Gasteiger partial charge in [-0.15, -0.1) is 0 Å². The second kappa shape index (κ2) is 5.71. The molecule has 2 aromatic rings. The van der Waals surface area contributed by atoms with Crippen molar-refractivity contribution in [3.63, 3.8) is 0 Å². The topological polar surface area (TPSA) is 38.7 Å². The highest BCUT2D eigenvalue weighted by molar-refractivity contribution is 5.45.